The van der Waals surface area contributed by atoms with Gasteiger partial charge in [-0.15, -0.1) is 0 Å². The largest absolute Gasteiger partial charge is 0.483 e. The van der Waals surface area contributed by atoms with Crippen molar-refractivity contribution in [2.75, 3.05) is 32.7 Å². The Morgan fingerprint density at radius 1 is 1.18 bits per heavy atom. The summed E-state index contributed by atoms with van der Waals surface area (Å²) in [6, 6.07) is 5.98. The van der Waals surface area contributed by atoms with Crippen LogP contribution >= 0.6 is 0 Å². The van der Waals surface area contributed by atoms with Gasteiger partial charge in [0.25, 0.3) is 12.4 Å². The van der Waals surface area contributed by atoms with Crippen LogP contribution in [0.5, 0.6) is 0 Å². The molecule has 2 aromatic rings. The lowest BCUT2D eigenvalue weighted by atomic mass is 9.76. The van der Waals surface area contributed by atoms with Gasteiger partial charge in [-0.05, 0) is 64.8 Å². The number of hydrogen-bond acceptors (Lipinski definition) is 6. The monoisotopic (exact) mass is 456 g/mol. The summed E-state index contributed by atoms with van der Waals surface area (Å²) in [5.41, 5.74) is 2.37. The van der Waals surface area contributed by atoms with Gasteiger partial charge >= 0.3 is 5.97 Å². The maximum absolute atomic E-state index is 13.2. The first-order chi connectivity index (χ1) is 15.9. The Bertz CT molecular complexity index is 1030. The highest BCUT2D eigenvalue weighted by Crippen LogP contribution is 2.44. The number of piperidine rings is 1. The summed E-state index contributed by atoms with van der Waals surface area (Å²) >= 11 is 0. The molecule has 8 heteroatoms. The highest BCUT2D eigenvalue weighted by molar-refractivity contribution is 5.99. The zero-order valence-corrected chi connectivity index (χ0v) is 19.3. The molecule has 1 amide bonds. The highest BCUT2D eigenvalue weighted by atomic mass is 16.6. The standard InChI is InChI=1S/C24H30N2O4.CH2O2/c1-16-5-6-20-19(13-16)17(2)21(30-20)22(27)26-11-7-24(8-12-26)14-18(29-23(24)28)15-25-9-3-4-10-25;2-1-3/h5-6,13,18H,3-4,7-12,14-15H2,1-2H3;1H,(H,2,3). The van der Waals surface area contributed by atoms with E-state index in [-0.39, 0.29) is 24.5 Å². The van der Waals surface area contributed by atoms with Crippen LogP contribution in [0.15, 0.2) is 22.6 Å². The summed E-state index contributed by atoms with van der Waals surface area (Å²) < 4.78 is 11.7. The third kappa shape index (κ3) is 4.62. The number of ether oxygens (including phenoxy) is 1. The first-order valence-corrected chi connectivity index (χ1v) is 11.7. The van der Waals surface area contributed by atoms with E-state index in [1.54, 1.807) is 0 Å². The smallest absolute Gasteiger partial charge is 0.312 e. The molecule has 3 fully saturated rings. The van der Waals surface area contributed by atoms with E-state index in [1.807, 2.05) is 30.9 Å². The normalized spacial score (nSPS) is 22.3. The molecule has 5 rings (SSSR count). The van der Waals surface area contributed by atoms with Crippen molar-refractivity contribution < 1.29 is 28.6 Å². The molecule has 0 radical (unpaired) electrons. The number of fused-ring (bicyclic) bond motifs is 1. The number of carbonyl (C=O) groups excluding carboxylic acids is 2. The molecule has 1 aromatic carbocycles. The Morgan fingerprint density at radius 3 is 2.52 bits per heavy atom. The van der Waals surface area contributed by atoms with Crippen molar-refractivity contribution in [2.45, 2.75) is 52.1 Å². The van der Waals surface area contributed by atoms with Gasteiger partial charge in [0.1, 0.15) is 11.7 Å². The van der Waals surface area contributed by atoms with E-state index >= 15 is 0 Å². The second-order valence-corrected chi connectivity index (χ2v) is 9.47. The number of aryl methyl sites for hydroxylation is 2. The summed E-state index contributed by atoms with van der Waals surface area (Å²) in [5.74, 6) is 0.290. The van der Waals surface area contributed by atoms with Crippen LogP contribution in [0.3, 0.4) is 0 Å². The molecule has 1 N–H and O–H groups in total. The Labute approximate surface area is 193 Å². The lowest BCUT2D eigenvalue weighted by Gasteiger charge is -2.36. The number of esters is 1. The fourth-order valence-corrected chi connectivity index (χ4v) is 5.42. The van der Waals surface area contributed by atoms with Crippen LogP contribution in [-0.2, 0) is 14.3 Å². The van der Waals surface area contributed by atoms with E-state index in [0.717, 1.165) is 48.2 Å². The van der Waals surface area contributed by atoms with Crippen LogP contribution in [0.25, 0.3) is 11.0 Å². The lowest BCUT2D eigenvalue weighted by Crippen LogP contribution is -2.45. The Balaban J connectivity index is 0.000000821. The first kappa shape index (κ1) is 23.3. The number of nitrogens with zero attached hydrogens (tertiary/aromatic N) is 2. The van der Waals surface area contributed by atoms with Crippen molar-refractivity contribution in [3.63, 3.8) is 0 Å². The number of carboxylic acid groups (broad SMARTS) is 1. The number of amides is 1. The van der Waals surface area contributed by atoms with E-state index in [0.29, 0.717) is 31.7 Å². The van der Waals surface area contributed by atoms with Gasteiger partial charge in [0.05, 0.1) is 5.41 Å². The van der Waals surface area contributed by atoms with Crippen molar-refractivity contribution in [3.8, 4) is 0 Å². The maximum Gasteiger partial charge on any atom is 0.312 e. The lowest BCUT2D eigenvalue weighted by molar-refractivity contribution is -0.151. The average molecular weight is 457 g/mol. The van der Waals surface area contributed by atoms with E-state index in [1.165, 1.54) is 12.8 Å². The molecule has 33 heavy (non-hydrogen) atoms. The van der Waals surface area contributed by atoms with Crippen LogP contribution in [-0.4, -0.2) is 72.1 Å². The Morgan fingerprint density at radius 2 is 1.85 bits per heavy atom. The predicted octanol–water partition coefficient (Wildman–Crippen LogP) is 3.38. The Kier molecular flexibility index (Phi) is 6.74. The van der Waals surface area contributed by atoms with Gasteiger partial charge < -0.3 is 19.2 Å². The number of hydrogen-bond donors (Lipinski definition) is 1. The molecule has 3 aliphatic rings. The number of rotatable bonds is 3. The minimum Gasteiger partial charge on any atom is -0.483 e. The van der Waals surface area contributed by atoms with Gasteiger partial charge in [-0.1, -0.05) is 11.6 Å². The zero-order valence-electron chi connectivity index (χ0n) is 19.3. The minimum atomic E-state index is -0.415. The molecule has 3 saturated heterocycles. The van der Waals surface area contributed by atoms with Gasteiger partial charge in [0, 0.05) is 37.0 Å². The number of benzene rings is 1. The van der Waals surface area contributed by atoms with Crippen LogP contribution in [0.2, 0.25) is 0 Å². The topological polar surface area (TPSA) is 100 Å². The number of likely N-dealkylation sites (tertiary alicyclic amines) is 2. The molecule has 0 bridgehead atoms. The third-order valence-electron chi connectivity index (χ3n) is 7.28. The fourth-order valence-electron chi connectivity index (χ4n) is 5.42. The second kappa shape index (κ2) is 9.55. The Hall–Kier alpha value is -2.87. The summed E-state index contributed by atoms with van der Waals surface area (Å²) in [4.78, 5) is 38.5. The fraction of sp³-hybridized carbons (Fsp3) is 0.560. The predicted molar refractivity (Wildman–Crippen MR) is 122 cm³/mol. The molecule has 1 aromatic heterocycles. The average Bonchev–Trinajstić information content (AvgIpc) is 3.49. The van der Waals surface area contributed by atoms with Crippen LogP contribution in [0, 0.1) is 19.3 Å². The quantitative estimate of drug-likeness (QED) is 0.558. The van der Waals surface area contributed by atoms with Crippen molar-refractivity contribution in [1.29, 1.82) is 0 Å². The van der Waals surface area contributed by atoms with Crippen molar-refractivity contribution in [1.82, 2.24) is 9.80 Å². The second-order valence-electron chi connectivity index (χ2n) is 9.47. The molecule has 178 valence electrons. The molecular weight excluding hydrogens is 424 g/mol. The maximum atomic E-state index is 13.2. The minimum absolute atomic E-state index is 0.00120. The molecule has 1 spiro atoms. The van der Waals surface area contributed by atoms with E-state index in [9.17, 15) is 9.59 Å². The van der Waals surface area contributed by atoms with Crippen LogP contribution in [0.4, 0.5) is 0 Å². The number of carbonyl (C=O) groups is 3. The first-order valence-electron chi connectivity index (χ1n) is 11.7. The van der Waals surface area contributed by atoms with E-state index in [2.05, 4.69) is 11.0 Å². The van der Waals surface area contributed by atoms with Gasteiger partial charge in [0.2, 0.25) is 0 Å². The molecule has 0 saturated carbocycles. The van der Waals surface area contributed by atoms with Crippen molar-refractivity contribution in [2.24, 2.45) is 5.41 Å². The summed E-state index contributed by atoms with van der Waals surface area (Å²) in [5, 5.41) is 7.89. The summed E-state index contributed by atoms with van der Waals surface area (Å²) in [7, 11) is 0. The van der Waals surface area contributed by atoms with Crippen LogP contribution in [0.1, 0.15) is 53.8 Å². The number of cyclic esters (lactones) is 1. The molecule has 1 unspecified atom stereocenters. The molecule has 1 atom stereocenters. The summed E-state index contributed by atoms with van der Waals surface area (Å²) in [6.07, 6.45) is 4.61. The van der Waals surface area contributed by atoms with Crippen molar-refractivity contribution in [3.05, 3.63) is 35.1 Å². The van der Waals surface area contributed by atoms with E-state index < -0.39 is 5.41 Å². The van der Waals surface area contributed by atoms with Gasteiger partial charge in [-0.2, -0.15) is 0 Å². The van der Waals surface area contributed by atoms with Crippen LogP contribution < -0.4 is 0 Å². The number of furan rings is 1. The van der Waals surface area contributed by atoms with E-state index in [4.69, 9.17) is 19.1 Å². The summed E-state index contributed by atoms with van der Waals surface area (Å²) in [6.45, 7) is 7.95. The highest BCUT2D eigenvalue weighted by Gasteiger charge is 2.51. The SMILES string of the molecule is Cc1ccc2oc(C(=O)N3CCC4(CC3)CC(CN3CCCC3)OC4=O)c(C)c2c1.O=CO. The molecule has 0 aliphatic carbocycles. The van der Waals surface area contributed by atoms with Gasteiger partial charge in [0.15, 0.2) is 5.76 Å². The zero-order chi connectivity index (χ0) is 23.6. The van der Waals surface area contributed by atoms with Gasteiger partial charge in [-0.3, -0.25) is 19.3 Å². The van der Waals surface area contributed by atoms with Crippen molar-refractivity contribution >= 4 is 29.3 Å². The molecule has 3 aliphatic heterocycles. The molecule has 4 heterocycles. The van der Waals surface area contributed by atoms with Gasteiger partial charge in [-0.25, -0.2) is 0 Å². The third-order valence-corrected chi connectivity index (χ3v) is 7.28. The molecular formula is C25H32N2O6. The molecule has 8 nitrogen and oxygen atoms in total.